The Labute approximate surface area is 143 Å². The van der Waals surface area contributed by atoms with E-state index < -0.39 is 0 Å². The van der Waals surface area contributed by atoms with Crippen LogP contribution < -0.4 is 5.32 Å². The highest BCUT2D eigenvalue weighted by molar-refractivity contribution is 5.74. The molecule has 1 fully saturated rings. The Balaban J connectivity index is 2.32. The van der Waals surface area contributed by atoms with Crippen LogP contribution in [0, 0.1) is 5.92 Å². The number of nitrogens with zero attached hydrogens (tertiary/aromatic N) is 2. The van der Waals surface area contributed by atoms with Crippen LogP contribution in [0.3, 0.4) is 0 Å². The van der Waals surface area contributed by atoms with E-state index in [1.807, 2.05) is 6.07 Å². The Morgan fingerprint density at radius 3 is 2.79 bits per heavy atom. The van der Waals surface area contributed by atoms with Crippen molar-refractivity contribution in [1.29, 1.82) is 0 Å². The maximum absolute atomic E-state index is 12.4. The number of likely N-dealkylation sites (tertiary alicyclic amines) is 1. The number of hydrogen-bond acceptors (Lipinski definition) is 4. The first kappa shape index (κ1) is 18.3. The Morgan fingerprint density at radius 1 is 1.50 bits per heavy atom. The van der Waals surface area contributed by atoms with Gasteiger partial charge >= 0.3 is 6.09 Å². The fourth-order valence-corrected chi connectivity index (χ4v) is 3.59. The van der Waals surface area contributed by atoms with Crippen molar-refractivity contribution in [3.8, 4) is 0 Å². The average molecular weight is 336 g/mol. The fourth-order valence-electron chi connectivity index (χ4n) is 3.59. The van der Waals surface area contributed by atoms with Gasteiger partial charge in [-0.3, -0.25) is 9.89 Å². The lowest BCUT2D eigenvalue weighted by Crippen LogP contribution is -2.53. The number of hydrogen-bond donors (Lipinski definition) is 2. The number of carbonyl (C=O) groups is 2. The van der Waals surface area contributed by atoms with Crippen molar-refractivity contribution in [3.05, 3.63) is 18.0 Å². The lowest BCUT2D eigenvalue weighted by atomic mass is 9.87. The molecule has 0 radical (unpaired) electrons. The van der Waals surface area contributed by atoms with E-state index in [4.69, 9.17) is 4.74 Å². The standard InChI is InChI=1S/C17H28N4O3/c1-5-24-17(23)21-9-7-13(14-6-8-18-20-14)16(21)15(10-11(2)3)19-12(4)22/h6,8,11,13,15-16H,5,7,9-10H2,1-4H3,(H,18,20)(H,19,22)/t13-,15-,16+/m0/s1. The molecule has 7 nitrogen and oxygen atoms in total. The monoisotopic (exact) mass is 336 g/mol. The molecule has 2 rings (SSSR count). The molecular formula is C17H28N4O3. The zero-order chi connectivity index (χ0) is 17.7. The molecule has 0 aliphatic carbocycles. The molecule has 3 atom stereocenters. The van der Waals surface area contributed by atoms with Gasteiger partial charge in [-0.15, -0.1) is 0 Å². The van der Waals surface area contributed by atoms with Crippen LogP contribution >= 0.6 is 0 Å². The molecule has 2 N–H and O–H groups in total. The van der Waals surface area contributed by atoms with Crippen LogP contribution in [0.15, 0.2) is 12.3 Å². The topological polar surface area (TPSA) is 87.3 Å². The van der Waals surface area contributed by atoms with Crippen molar-refractivity contribution in [1.82, 2.24) is 20.4 Å². The predicted molar refractivity (Wildman–Crippen MR) is 90.5 cm³/mol. The molecule has 0 unspecified atom stereocenters. The summed E-state index contributed by atoms with van der Waals surface area (Å²) in [7, 11) is 0. The number of amides is 2. The quantitative estimate of drug-likeness (QED) is 0.834. The molecule has 1 aliphatic rings. The van der Waals surface area contributed by atoms with Crippen LogP contribution in [-0.2, 0) is 9.53 Å². The number of nitrogens with one attached hydrogen (secondary N) is 2. The third kappa shape index (κ3) is 4.27. The van der Waals surface area contributed by atoms with Gasteiger partial charge in [-0.05, 0) is 31.7 Å². The van der Waals surface area contributed by atoms with Crippen LogP contribution in [0.5, 0.6) is 0 Å². The first-order chi connectivity index (χ1) is 11.4. The average Bonchev–Trinajstić information content (AvgIpc) is 3.14. The second kappa shape index (κ2) is 8.17. The minimum atomic E-state index is -0.320. The third-order valence-corrected chi connectivity index (χ3v) is 4.38. The number of rotatable bonds is 6. The van der Waals surface area contributed by atoms with Crippen molar-refractivity contribution in [2.45, 2.75) is 58.5 Å². The largest absolute Gasteiger partial charge is 0.450 e. The molecule has 1 aromatic heterocycles. The Kier molecular flexibility index (Phi) is 6.23. The van der Waals surface area contributed by atoms with Crippen LogP contribution in [0.1, 0.15) is 52.1 Å². The maximum Gasteiger partial charge on any atom is 0.410 e. The van der Waals surface area contributed by atoms with Gasteiger partial charge in [0, 0.05) is 25.6 Å². The minimum Gasteiger partial charge on any atom is -0.450 e. The van der Waals surface area contributed by atoms with Gasteiger partial charge in [0.25, 0.3) is 0 Å². The second-order valence-electron chi connectivity index (χ2n) is 6.71. The van der Waals surface area contributed by atoms with Gasteiger partial charge in [0.05, 0.1) is 24.4 Å². The van der Waals surface area contributed by atoms with Crippen LogP contribution in [-0.4, -0.2) is 52.3 Å². The van der Waals surface area contributed by atoms with Crippen molar-refractivity contribution in [3.63, 3.8) is 0 Å². The lowest BCUT2D eigenvalue weighted by molar-refractivity contribution is -0.120. The van der Waals surface area contributed by atoms with E-state index in [9.17, 15) is 9.59 Å². The molecule has 7 heteroatoms. The molecule has 24 heavy (non-hydrogen) atoms. The summed E-state index contributed by atoms with van der Waals surface area (Å²) in [5.74, 6) is 0.389. The van der Waals surface area contributed by atoms with E-state index >= 15 is 0 Å². The summed E-state index contributed by atoms with van der Waals surface area (Å²) in [4.78, 5) is 25.9. The van der Waals surface area contributed by atoms with E-state index in [0.717, 1.165) is 18.5 Å². The molecule has 0 spiro atoms. The first-order valence-corrected chi connectivity index (χ1v) is 8.64. The van der Waals surface area contributed by atoms with Gasteiger partial charge < -0.3 is 15.0 Å². The third-order valence-electron chi connectivity index (χ3n) is 4.38. The SMILES string of the molecule is CCOC(=O)N1CC[C@@H](c2cc[nH]n2)[C@@H]1[C@H](CC(C)C)NC(C)=O. The van der Waals surface area contributed by atoms with Crippen LogP contribution in [0.2, 0.25) is 0 Å². The number of ether oxygens (including phenoxy) is 1. The zero-order valence-corrected chi connectivity index (χ0v) is 14.9. The van der Waals surface area contributed by atoms with Crippen LogP contribution in [0.4, 0.5) is 4.79 Å². The Morgan fingerprint density at radius 2 is 2.25 bits per heavy atom. The summed E-state index contributed by atoms with van der Waals surface area (Å²) in [6.07, 6.45) is 3.07. The molecule has 1 aromatic rings. The molecule has 134 valence electrons. The van der Waals surface area contributed by atoms with E-state index in [1.165, 1.54) is 6.92 Å². The summed E-state index contributed by atoms with van der Waals surface area (Å²) < 4.78 is 5.23. The molecule has 1 saturated heterocycles. The van der Waals surface area contributed by atoms with Crippen molar-refractivity contribution >= 4 is 12.0 Å². The summed E-state index contributed by atoms with van der Waals surface area (Å²) in [5, 5.41) is 10.2. The zero-order valence-electron chi connectivity index (χ0n) is 14.9. The highest BCUT2D eigenvalue weighted by atomic mass is 16.6. The molecular weight excluding hydrogens is 308 g/mol. The highest BCUT2D eigenvalue weighted by Crippen LogP contribution is 2.36. The van der Waals surface area contributed by atoms with Gasteiger partial charge in [-0.1, -0.05) is 13.8 Å². The van der Waals surface area contributed by atoms with E-state index in [-0.39, 0.29) is 30.0 Å². The number of H-pyrrole nitrogens is 1. The summed E-state index contributed by atoms with van der Waals surface area (Å²) in [6, 6.07) is 1.65. The molecule has 0 bridgehead atoms. The lowest BCUT2D eigenvalue weighted by Gasteiger charge is -2.35. The van der Waals surface area contributed by atoms with Crippen molar-refractivity contribution < 1.29 is 14.3 Å². The molecule has 0 saturated carbocycles. The van der Waals surface area contributed by atoms with Gasteiger partial charge in [-0.2, -0.15) is 5.10 Å². The van der Waals surface area contributed by atoms with E-state index in [1.54, 1.807) is 18.0 Å². The van der Waals surface area contributed by atoms with Gasteiger partial charge in [-0.25, -0.2) is 4.79 Å². The van der Waals surface area contributed by atoms with E-state index in [2.05, 4.69) is 29.4 Å². The Hall–Kier alpha value is -2.05. The predicted octanol–water partition coefficient (Wildman–Crippen LogP) is 2.27. The molecule has 1 aliphatic heterocycles. The molecule has 2 amide bonds. The number of carbonyl (C=O) groups excluding carboxylic acids is 2. The summed E-state index contributed by atoms with van der Waals surface area (Å²) in [6.45, 7) is 8.48. The summed E-state index contributed by atoms with van der Waals surface area (Å²) in [5.41, 5.74) is 0.922. The molecule has 2 heterocycles. The van der Waals surface area contributed by atoms with Gasteiger partial charge in [0.2, 0.25) is 5.91 Å². The minimum absolute atomic E-state index is 0.0799. The highest BCUT2D eigenvalue weighted by Gasteiger charge is 2.44. The first-order valence-electron chi connectivity index (χ1n) is 8.64. The summed E-state index contributed by atoms with van der Waals surface area (Å²) >= 11 is 0. The fraction of sp³-hybridized carbons (Fsp3) is 0.706. The normalized spacial score (nSPS) is 21.8. The number of aromatic nitrogens is 2. The van der Waals surface area contributed by atoms with Gasteiger partial charge in [0.1, 0.15) is 0 Å². The van der Waals surface area contributed by atoms with Gasteiger partial charge in [0.15, 0.2) is 0 Å². The van der Waals surface area contributed by atoms with E-state index in [0.29, 0.717) is 19.1 Å². The molecule has 0 aromatic carbocycles. The number of aromatic amines is 1. The smallest absolute Gasteiger partial charge is 0.410 e. The Bertz CT molecular complexity index is 544. The van der Waals surface area contributed by atoms with Crippen molar-refractivity contribution in [2.75, 3.05) is 13.2 Å². The second-order valence-corrected chi connectivity index (χ2v) is 6.71. The van der Waals surface area contributed by atoms with Crippen LogP contribution in [0.25, 0.3) is 0 Å². The van der Waals surface area contributed by atoms with Crippen molar-refractivity contribution in [2.24, 2.45) is 5.92 Å². The maximum atomic E-state index is 12.4.